The first-order chi connectivity index (χ1) is 16.4. The van der Waals surface area contributed by atoms with Crippen molar-refractivity contribution in [2.45, 2.75) is 32.2 Å². The van der Waals surface area contributed by atoms with E-state index >= 15 is 0 Å². The van der Waals surface area contributed by atoms with Crippen molar-refractivity contribution in [1.29, 1.82) is 0 Å². The average Bonchev–Trinajstić information content (AvgIpc) is 2.80. The van der Waals surface area contributed by atoms with Gasteiger partial charge in [0.1, 0.15) is 0 Å². The van der Waals surface area contributed by atoms with Crippen LogP contribution in [0.25, 0.3) is 0 Å². The van der Waals surface area contributed by atoms with Gasteiger partial charge >= 0.3 is 0 Å². The number of hydrogen-bond donors (Lipinski definition) is 1. The summed E-state index contributed by atoms with van der Waals surface area (Å²) in [7, 11) is -6.41. The van der Waals surface area contributed by atoms with Gasteiger partial charge in [-0.2, -0.15) is 8.42 Å². The van der Waals surface area contributed by atoms with Crippen LogP contribution in [0.4, 0.5) is 5.69 Å². The van der Waals surface area contributed by atoms with E-state index in [1.807, 2.05) is 42.5 Å². The SMILES string of the molecule is CC(C)(C)[Si](OC[C@H](COS(C)(=O)=O)Cc1cc(Cl)ccc1N)(c1ccccc1)c1ccccc1. The summed E-state index contributed by atoms with van der Waals surface area (Å²) in [5.41, 5.74) is 7.64. The summed E-state index contributed by atoms with van der Waals surface area (Å²) in [6, 6.07) is 26.0. The van der Waals surface area contributed by atoms with Gasteiger partial charge in [-0.05, 0) is 45.6 Å². The van der Waals surface area contributed by atoms with Crippen molar-refractivity contribution in [2.75, 3.05) is 25.2 Å². The second-order valence-corrected chi connectivity index (χ2v) is 16.3. The van der Waals surface area contributed by atoms with Crippen LogP contribution in [0.15, 0.2) is 78.9 Å². The molecule has 0 aromatic heterocycles. The highest BCUT2D eigenvalue weighted by Crippen LogP contribution is 2.37. The largest absolute Gasteiger partial charge is 0.407 e. The van der Waals surface area contributed by atoms with Gasteiger partial charge in [0.05, 0.1) is 12.9 Å². The van der Waals surface area contributed by atoms with Gasteiger partial charge in [0, 0.05) is 23.2 Å². The van der Waals surface area contributed by atoms with Gasteiger partial charge in [-0.3, -0.25) is 4.18 Å². The number of benzene rings is 3. The minimum atomic E-state index is -3.62. The highest BCUT2D eigenvalue weighted by atomic mass is 35.5. The topological polar surface area (TPSA) is 78.6 Å². The second-order valence-electron chi connectivity index (χ2n) is 9.88. The van der Waals surface area contributed by atoms with Gasteiger partial charge in [-0.25, -0.2) is 0 Å². The van der Waals surface area contributed by atoms with Gasteiger partial charge in [-0.15, -0.1) is 0 Å². The Bertz CT molecular complexity index is 1180. The molecule has 2 N–H and O–H groups in total. The predicted molar refractivity (Wildman–Crippen MR) is 147 cm³/mol. The van der Waals surface area contributed by atoms with Crippen LogP contribution < -0.4 is 16.1 Å². The number of nitrogens with two attached hydrogens (primary N) is 1. The molecule has 3 rings (SSSR count). The lowest BCUT2D eigenvalue weighted by atomic mass is 9.99. The zero-order chi connectivity index (χ0) is 25.7. The van der Waals surface area contributed by atoms with Crippen LogP contribution in [-0.2, 0) is 25.1 Å². The summed E-state index contributed by atoms with van der Waals surface area (Å²) in [5.74, 6) is -0.257. The molecular weight excluding hydrogens is 498 g/mol. The molecule has 0 fully saturated rings. The maximum Gasteiger partial charge on any atom is 0.264 e. The number of anilines is 1. The third-order valence-corrected chi connectivity index (χ3v) is 11.9. The first kappa shape index (κ1) is 27.4. The summed E-state index contributed by atoms with van der Waals surface area (Å²) in [5, 5.41) is 2.69. The molecule has 0 aliphatic carbocycles. The van der Waals surface area contributed by atoms with Crippen LogP contribution in [0.2, 0.25) is 10.1 Å². The fraction of sp³-hybridized carbons (Fsp3) is 0.333. The van der Waals surface area contributed by atoms with E-state index in [4.69, 9.17) is 25.9 Å². The quantitative estimate of drug-likeness (QED) is 0.234. The number of nitrogen functional groups attached to an aromatic ring is 1. The van der Waals surface area contributed by atoms with E-state index in [1.165, 1.54) is 0 Å². The molecule has 1 atom stereocenters. The zero-order valence-corrected chi connectivity index (χ0v) is 23.3. The maximum atomic E-state index is 11.8. The Morgan fingerprint density at radius 2 is 1.46 bits per heavy atom. The van der Waals surface area contributed by atoms with Gasteiger partial charge in [0.25, 0.3) is 18.4 Å². The second kappa shape index (κ2) is 11.3. The predicted octanol–water partition coefficient (Wildman–Crippen LogP) is 4.63. The molecule has 0 heterocycles. The van der Waals surface area contributed by atoms with E-state index in [-0.39, 0.29) is 17.6 Å². The molecule has 0 spiro atoms. The Kier molecular flexibility index (Phi) is 8.83. The molecule has 35 heavy (non-hydrogen) atoms. The average molecular weight is 532 g/mol. The Balaban J connectivity index is 2.02. The van der Waals surface area contributed by atoms with Gasteiger partial charge < -0.3 is 10.2 Å². The van der Waals surface area contributed by atoms with Crippen molar-refractivity contribution >= 4 is 46.1 Å². The number of hydrogen-bond acceptors (Lipinski definition) is 5. The molecule has 0 saturated heterocycles. The fourth-order valence-electron chi connectivity index (χ4n) is 4.45. The molecule has 3 aromatic rings. The smallest absolute Gasteiger partial charge is 0.264 e. The van der Waals surface area contributed by atoms with Gasteiger partial charge in [-0.1, -0.05) is 93.0 Å². The van der Waals surface area contributed by atoms with E-state index in [1.54, 1.807) is 12.1 Å². The van der Waals surface area contributed by atoms with Gasteiger partial charge in [0.15, 0.2) is 0 Å². The van der Waals surface area contributed by atoms with Crippen molar-refractivity contribution in [3.05, 3.63) is 89.4 Å². The van der Waals surface area contributed by atoms with E-state index in [2.05, 4.69) is 45.0 Å². The Morgan fingerprint density at radius 1 is 0.914 bits per heavy atom. The van der Waals surface area contributed by atoms with Crippen LogP contribution >= 0.6 is 11.6 Å². The monoisotopic (exact) mass is 531 g/mol. The first-order valence-electron chi connectivity index (χ1n) is 11.6. The van der Waals surface area contributed by atoms with Crippen molar-refractivity contribution in [3.8, 4) is 0 Å². The summed E-state index contributed by atoms with van der Waals surface area (Å²) in [6.07, 6.45) is 1.53. The lowest BCUT2D eigenvalue weighted by molar-refractivity contribution is 0.173. The van der Waals surface area contributed by atoms with Gasteiger partial charge in [0.2, 0.25) is 0 Å². The number of halogens is 1. The standard InChI is InChI=1S/C27H34ClNO4SSi/c1-27(2,3)35(24-11-7-5-8-12-24,25-13-9-6-10-14-25)33-20-21(19-32-34(4,30)31)17-22-18-23(28)15-16-26(22)29/h5-16,18,21H,17,19-20,29H2,1-4H3/t21-/m0/s1. The molecule has 0 radical (unpaired) electrons. The van der Waals surface area contributed by atoms with Crippen LogP contribution in [0.5, 0.6) is 0 Å². The van der Waals surface area contributed by atoms with Crippen LogP contribution in [0, 0.1) is 5.92 Å². The lowest BCUT2D eigenvalue weighted by Gasteiger charge is -2.43. The maximum absolute atomic E-state index is 11.8. The van der Waals surface area contributed by atoms with E-state index in [0.717, 1.165) is 22.2 Å². The van der Waals surface area contributed by atoms with Crippen LogP contribution in [0.1, 0.15) is 26.3 Å². The minimum absolute atomic E-state index is 0.0109. The van der Waals surface area contributed by atoms with Crippen molar-refractivity contribution in [1.82, 2.24) is 0 Å². The Morgan fingerprint density at radius 3 is 1.94 bits per heavy atom. The lowest BCUT2D eigenvalue weighted by Crippen LogP contribution is -2.67. The zero-order valence-electron chi connectivity index (χ0n) is 20.7. The molecule has 8 heteroatoms. The summed E-state index contributed by atoms with van der Waals surface area (Å²) >= 11 is 6.21. The molecule has 3 aromatic carbocycles. The van der Waals surface area contributed by atoms with Crippen molar-refractivity contribution < 1.29 is 17.0 Å². The first-order valence-corrected chi connectivity index (χ1v) is 15.7. The molecule has 0 unspecified atom stereocenters. The third kappa shape index (κ3) is 6.95. The summed E-state index contributed by atoms with van der Waals surface area (Å²) in [4.78, 5) is 0. The Hall–Kier alpha value is -2.16. The molecule has 188 valence electrons. The summed E-state index contributed by atoms with van der Waals surface area (Å²) in [6.45, 7) is 6.90. The minimum Gasteiger partial charge on any atom is -0.407 e. The van der Waals surface area contributed by atoms with Crippen LogP contribution in [0.3, 0.4) is 0 Å². The molecule has 0 bridgehead atoms. The molecular formula is C27H34ClNO4SSi. The third-order valence-electron chi connectivity index (χ3n) is 6.08. The van der Waals surface area contributed by atoms with Crippen LogP contribution in [-0.4, -0.2) is 36.2 Å². The molecule has 5 nitrogen and oxygen atoms in total. The van der Waals surface area contributed by atoms with Crippen molar-refractivity contribution in [3.63, 3.8) is 0 Å². The molecule has 0 saturated carbocycles. The van der Waals surface area contributed by atoms with E-state index in [9.17, 15) is 8.42 Å². The van der Waals surface area contributed by atoms with Crippen molar-refractivity contribution in [2.24, 2.45) is 5.92 Å². The molecule has 0 aliphatic heterocycles. The van der Waals surface area contributed by atoms with E-state index < -0.39 is 18.4 Å². The normalized spacial score (nSPS) is 13.5. The highest BCUT2D eigenvalue weighted by molar-refractivity contribution is 7.85. The molecule has 0 aliphatic rings. The highest BCUT2D eigenvalue weighted by Gasteiger charge is 2.50. The van der Waals surface area contributed by atoms with E-state index in [0.29, 0.717) is 23.7 Å². The summed E-state index contributed by atoms with van der Waals surface area (Å²) < 4.78 is 35.9. The number of rotatable bonds is 10. The molecule has 0 amide bonds. The Labute approximate surface area is 215 Å². The fourth-order valence-corrected chi connectivity index (χ4v) is 9.73.